The summed E-state index contributed by atoms with van der Waals surface area (Å²) in [5.41, 5.74) is 2.09. The van der Waals surface area contributed by atoms with E-state index in [0.717, 1.165) is 11.1 Å². The Morgan fingerprint density at radius 2 is 1.88 bits per heavy atom. The molecule has 5 nitrogen and oxygen atoms in total. The maximum atomic E-state index is 12.6. The maximum Gasteiger partial charge on any atom is 0.267 e. The van der Waals surface area contributed by atoms with Gasteiger partial charge in [0.15, 0.2) is 4.77 Å². The fourth-order valence-electron chi connectivity index (χ4n) is 2.71. The van der Waals surface area contributed by atoms with Crippen molar-refractivity contribution in [2.24, 2.45) is 4.99 Å². The lowest BCUT2D eigenvalue weighted by atomic mass is 10.0. The molecule has 1 heterocycles. The second kappa shape index (κ2) is 7.57. The van der Waals surface area contributed by atoms with Crippen LogP contribution in [-0.4, -0.2) is 20.5 Å². The minimum absolute atomic E-state index is 0.113. The monoisotopic (exact) mass is 345 g/mol. The van der Waals surface area contributed by atoms with Gasteiger partial charge in [-0.2, -0.15) is 0 Å². The van der Waals surface area contributed by atoms with Crippen molar-refractivity contribution in [2.45, 2.75) is 46.8 Å². The highest BCUT2D eigenvalue weighted by molar-refractivity contribution is 7.71. The molecule has 1 aromatic heterocycles. The van der Waals surface area contributed by atoms with Gasteiger partial charge in [0.2, 0.25) is 5.88 Å². The molecule has 0 aliphatic heterocycles. The number of nitrogens with zero attached hydrogens (tertiary/aromatic N) is 3. The van der Waals surface area contributed by atoms with Gasteiger partial charge in [-0.3, -0.25) is 18.9 Å². The molecular formula is C18H23N3O2S. The third-order valence-corrected chi connectivity index (χ3v) is 4.57. The van der Waals surface area contributed by atoms with E-state index in [1.54, 1.807) is 4.57 Å². The molecule has 0 amide bonds. The summed E-state index contributed by atoms with van der Waals surface area (Å²) < 4.78 is 3.34. The van der Waals surface area contributed by atoms with Gasteiger partial charge < -0.3 is 5.11 Å². The molecule has 0 aliphatic carbocycles. The minimum Gasteiger partial charge on any atom is -0.494 e. The van der Waals surface area contributed by atoms with Gasteiger partial charge >= 0.3 is 0 Å². The summed E-state index contributed by atoms with van der Waals surface area (Å²) in [4.78, 5) is 17.0. The fraction of sp³-hybridized carbons (Fsp3) is 0.389. The number of aromatic nitrogens is 2. The van der Waals surface area contributed by atoms with Gasteiger partial charge in [-0.1, -0.05) is 24.3 Å². The molecule has 0 saturated carbocycles. The van der Waals surface area contributed by atoms with E-state index in [4.69, 9.17) is 12.2 Å². The van der Waals surface area contributed by atoms with Gasteiger partial charge in [0.05, 0.1) is 6.04 Å². The first-order valence-electron chi connectivity index (χ1n) is 8.07. The standard InChI is InChI=1S/C18H23N3O2S/c1-5-20-16(22)15(17(23)21(6-2)18(20)24)11-19-13(4)14-10-8-7-9-12(14)3/h7-11,13,22H,5-6H2,1-4H3/t13-/m0/s1. The molecule has 1 atom stereocenters. The lowest BCUT2D eigenvalue weighted by Crippen LogP contribution is -2.28. The Labute approximate surface area is 146 Å². The van der Waals surface area contributed by atoms with Gasteiger partial charge in [0.1, 0.15) is 5.56 Å². The summed E-state index contributed by atoms with van der Waals surface area (Å²) in [5.74, 6) is -0.127. The highest BCUT2D eigenvalue weighted by Gasteiger charge is 2.14. The van der Waals surface area contributed by atoms with Crippen molar-refractivity contribution < 1.29 is 5.11 Å². The van der Waals surface area contributed by atoms with Crippen molar-refractivity contribution >= 4 is 18.4 Å². The molecule has 128 valence electrons. The molecule has 0 saturated heterocycles. The predicted molar refractivity (Wildman–Crippen MR) is 99.7 cm³/mol. The normalized spacial score (nSPS) is 12.7. The molecular weight excluding hydrogens is 322 g/mol. The Morgan fingerprint density at radius 1 is 1.25 bits per heavy atom. The highest BCUT2D eigenvalue weighted by atomic mass is 32.1. The lowest BCUT2D eigenvalue weighted by molar-refractivity contribution is 0.399. The number of hydrogen-bond donors (Lipinski definition) is 1. The first kappa shape index (κ1) is 18.1. The van der Waals surface area contributed by atoms with Gasteiger partial charge in [-0.15, -0.1) is 0 Å². The number of benzene rings is 1. The number of hydrogen-bond acceptors (Lipinski definition) is 4. The topological polar surface area (TPSA) is 59.5 Å². The maximum absolute atomic E-state index is 12.6. The summed E-state index contributed by atoms with van der Waals surface area (Å²) in [6, 6.07) is 7.87. The quantitative estimate of drug-likeness (QED) is 0.665. The number of aliphatic imine (C=N–C) groups is 1. The number of aromatic hydroxyl groups is 1. The van der Waals surface area contributed by atoms with Crippen LogP contribution in [0.2, 0.25) is 0 Å². The molecule has 0 bridgehead atoms. The zero-order valence-electron chi connectivity index (χ0n) is 14.5. The van der Waals surface area contributed by atoms with E-state index >= 15 is 0 Å². The molecule has 0 spiro atoms. The van der Waals surface area contributed by atoms with Crippen LogP contribution in [0, 0.1) is 11.7 Å². The molecule has 0 fully saturated rings. The predicted octanol–water partition coefficient (Wildman–Crippen LogP) is 3.61. The third-order valence-electron chi connectivity index (χ3n) is 4.13. The van der Waals surface area contributed by atoms with Crippen LogP contribution < -0.4 is 5.56 Å². The van der Waals surface area contributed by atoms with E-state index in [9.17, 15) is 9.90 Å². The van der Waals surface area contributed by atoms with Crippen molar-refractivity contribution in [2.75, 3.05) is 0 Å². The van der Waals surface area contributed by atoms with Crippen molar-refractivity contribution in [3.63, 3.8) is 0 Å². The summed E-state index contributed by atoms with van der Waals surface area (Å²) in [7, 11) is 0. The molecule has 24 heavy (non-hydrogen) atoms. The van der Waals surface area contributed by atoms with E-state index < -0.39 is 0 Å². The van der Waals surface area contributed by atoms with Crippen LogP contribution in [0.4, 0.5) is 0 Å². The molecule has 1 N–H and O–H groups in total. The van der Waals surface area contributed by atoms with E-state index in [-0.39, 0.29) is 23.0 Å². The van der Waals surface area contributed by atoms with Crippen LogP contribution in [0.15, 0.2) is 34.1 Å². The molecule has 0 aliphatic rings. The SMILES string of the molecule is CCn1c(O)c(C=N[C@@H](C)c2ccccc2C)c(=O)n(CC)c1=S. The molecule has 0 radical (unpaired) electrons. The average Bonchev–Trinajstić information content (AvgIpc) is 2.55. The van der Waals surface area contributed by atoms with Crippen LogP contribution >= 0.6 is 12.2 Å². The summed E-state index contributed by atoms with van der Waals surface area (Å²) >= 11 is 5.28. The zero-order valence-corrected chi connectivity index (χ0v) is 15.3. The first-order chi connectivity index (χ1) is 11.4. The van der Waals surface area contributed by atoms with Crippen molar-refractivity contribution in [1.29, 1.82) is 0 Å². The molecule has 6 heteroatoms. The number of aryl methyl sites for hydroxylation is 1. The summed E-state index contributed by atoms with van der Waals surface area (Å²) in [6.07, 6.45) is 1.46. The van der Waals surface area contributed by atoms with E-state index in [1.807, 2.05) is 52.0 Å². The highest BCUT2D eigenvalue weighted by Crippen LogP contribution is 2.21. The van der Waals surface area contributed by atoms with E-state index in [1.165, 1.54) is 10.8 Å². The smallest absolute Gasteiger partial charge is 0.267 e. The third kappa shape index (κ3) is 3.33. The Balaban J connectivity index is 2.52. The largest absolute Gasteiger partial charge is 0.494 e. The Morgan fingerprint density at radius 3 is 2.46 bits per heavy atom. The van der Waals surface area contributed by atoms with Crippen LogP contribution in [0.1, 0.15) is 43.5 Å². The Bertz CT molecular complexity index is 881. The van der Waals surface area contributed by atoms with Gasteiger partial charge in [0, 0.05) is 19.3 Å². The first-order valence-corrected chi connectivity index (χ1v) is 8.48. The van der Waals surface area contributed by atoms with Crippen LogP contribution in [0.25, 0.3) is 0 Å². The van der Waals surface area contributed by atoms with Crippen LogP contribution in [0.3, 0.4) is 0 Å². The van der Waals surface area contributed by atoms with Crippen molar-refractivity contribution in [3.05, 3.63) is 56.1 Å². The van der Waals surface area contributed by atoms with E-state index in [2.05, 4.69) is 4.99 Å². The van der Waals surface area contributed by atoms with Crippen molar-refractivity contribution in [3.8, 4) is 5.88 Å². The van der Waals surface area contributed by atoms with Gasteiger partial charge in [-0.05, 0) is 51.0 Å². The Kier molecular flexibility index (Phi) is 5.72. The second-order valence-corrected chi connectivity index (χ2v) is 5.99. The van der Waals surface area contributed by atoms with Gasteiger partial charge in [0.25, 0.3) is 5.56 Å². The molecule has 1 aromatic carbocycles. The summed E-state index contributed by atoms with van der Waals surface area (Å²) in [6.45, 7) is 8.65. The van der Waals surface area contributed by atoms with Crippen LogP contribution in [0.5, 0.6) is 5.88 Å². The summed E-state index contributed by atoms with van der Waals surface area (Å²) in [5, 5.41) is 10.4. The zero-order chi connectivity index (χ0) is 17.9. The minimum atomic E-state index is -0.314. The average molecular weight is 345 g/mol. The second-order valence-electron chi connectivity index (χ2n) is 5.62. The lowest BCUT2D eigenvalue weighted by Gasteiger charge is -2.14. The Hall–Kier alpha value is -2.21. The molecule has 2 aromatic rings. The van der Waals surface area contributed by atoms with Crippen molar-refractivity contribution in [1.82, 2.24) is 9.13 Å². The molecule has 2 rings (SSSR count). The van der Waals surface area contributed by atoms with E-state index in [0.29, 0.717) is 17.9 Å². The number of rotatable bonds is 5. The van der Waals surface area contributed by atoms with Crippen LogP contribution in [-0.2, 0) is 13.1 Å². The fourth-order valence-corrected chi connectivity index (χ4v) is 3.14. The van der Waals surface area contributed by atoms with Gasteiger partial charge in [-0.25, -0.2) is 0 Å². The molecule has 0 unspecified atom stereocenters.